The van der Waals surface area contributed by atoms with Crippen molar-refractivity contribution in [1.82, 2.24) is 4.31 Å². The van der Waals surface area contributed by atoms with Gasteiger partial charge in [0, 0.05) is 17.1 Å². The molecule has 0 saturated heterocycles. The third-order valence-corrected chi connectivity index (χ3v) is 3.98. The second kappa shape index (κ2) is 4.88. The first-order chi connectivity index (χ1) is 8.07. The molecule has 1 amide bonds. The lowest BCUT2D eigenvalue weighted by Gasteiger charge is -2.19. The average molecular weight is 346 g/mol. The number of hydrogen-bond donors (Lipinski definition) is 0. The van der Waals surface area contributed by atoms with Crippen LogP contribution in [-0.2, 0) is 10.0 Å². The van der Waals surface area contributed by atoms with Gasteiger partial charge in [-0.25, -0.2) is 4.31 Å². The number of benzene rings is 1. The Balaban J connectivity index is 3.14. The highest BCUT2D eigenvalue weighted by atomic mass is 79.9. The second-order valence-electron chi connectivity index (χ2n) is 3.23. The summed E-state index contributed by atoms with van der Waals surface area (Å²) < 4.78 is 58.9. The number of sulfonamides is 1. The highest BCUT2D eigenvalue weighted by Crippen LogP contribution is 2.27. The Kier molecular flexibility index (Phi) is 4.06. The van der Waals surface area contributed by atoms with Gasteiger partial charge in [0.1, 0.15) is 0 Å². The Bertz CT molecular complexity index is 571. The number of carbonyl (C=O) groups is 1. The molecule has 0 aliphatic rings. The molecule has 1 rings (SSSR count). The van der Waals surface area contributed by atoms with Crippen molar-refractivity contribution in [1.29, 1.82) is 0 Å². The summed E-state index contributed by atoms with van der Waals surface area (Å²) >= 11 is 3.03. The van der Waals surface area contributed by atoms with E-state index in [-0.39, 0.29) is 9.87 Å². The zero-order chi connectivity index (χ0) is 14.1. The largest absolute Gasteiger partial charge is 0.516 e. The molecule has 0 spiro atoms. The lowest BCUT2D eigenvalue weighted by atomic mass is 10.2. The van der Waals surface area contributed by atoms with Crippen molar-refractivity contribution in [2.75, 3.05) is 7.05 Å². The van der Waals surface area contributed by atoms with Crippen LogP contribution < -0.4 is 0 Å². The van der Waals surface area contributed by atoms with Gasteiger partial charge in [-0.2, -0.15) is 21.6 Å². The number of amides is 1. The van der Waals surface area contributed by atoms with E-state index in [2.05, 4.69) is 15.9 Å². The lowest BCUT2D eigenvalue weighted by molar-refractivity contribution is -0.0477. The summed E-state index contributed by atoms with van der Waals surface area (Å²) in [6, 6.07) is 5.40. The second-order valence-corrected chi connectivity index (χ2v) is 6.11. The Morgan fingerprint density at radius 2 is 1.89 bits per heavy atom. The summed E-state index contributed by atoms with van der Waals surface area (Å²) in [6.45, 7) is 0. The van der Waals surface area contributed by atoms with Crippen molar-refractivity contribution in [3.63, 3.8) is 0 Å². The first-order valence-electron chi connectivity index (χ1n) is 4.42. The summed E-state index contributed by atoms with van der Waals surface area (Å²) in [7, 11) is -5.11. The number of alkyl halides is 3. The summed E-state index contributed by atoms with van der Waals surface area (Å²) in [5.74, 6) is -1.26. The van der Waals surface area contributed by atoms with E-state index in [4.69, 9.17) is 0 Å². The molecule has 4 nitrogen and oxygen atoms in total. The molecule has 0 heterocycles. The normalized spacial score (nSPS) is 12.3. The van der Waals surface area contributed by atoms with E-state index >= 15 is 0 Å². The molecular weight excluding hydrogens is 339 g/mol. The van der Waals surface area contributed by atoms with Crippen LogP contribution in [-0.4, -0.2) is 31.2 Å². The topological polar surface area (TPSA) is 54.5 Å². The van der Waals surface area contributed by atoms with Gasteiger partial charge < -0.3 is 0 Å². The van der Waals surface area contributed by atoms with Crippen LogP contribution in [0, 0.1) is 0 Å². The van der Waals surface area contributed by atoms with Gasteiger partial charge in [0.15, 0.2) is 0 Å². The van der Waals surface area contributed by atoms with Gasteiger partial charge in [0.05, 0.1) is 0 Å². The molecule has 0 radical (unpaired) electrons. The van der Waals surface area contributed by atoms with E-state index in [0.717, 1.165) is 0 Å². The molecule has 0 atom stereocenters. The fraction of sp³-hybridized carbons (Fsp3) is 0.222. The molecule has 0 bridgehead atoms. The molecule has 0 fully saturated rings. The zero-order valence-electron chi connectivity index (χ0n) is 8.90. The molecular formula is C9H7BrF3NO3S. The zero-order valence-corrected chi connectivity index (χ0v) is 11.3. The van der Waals surface area contributed by atoms with Gasteiger partial charge in [-0.3, -0.25) is 4.79 Å². The number of hydrogen-bond acceptors (Lipinski definition) is 3. The number of halogens is 4. The molecule has 0 aromatic heterocycles. The number of carbonyl (C=O) groups excluding carboxylic acids is 1. The monoisotopic (exact) mass is 345 g/mol. The van der Waals surface area contributed by atoms with Crippen LogP contribution in [0.15, 0.2) is 28.7 Å². The van der Waals surface area contributed by atoms with E-state index in [1.165, 1.54) is 18.2 Å². The predicted molar refractivity (Wildman–Crippen MR) is 61.2 cm³/mol. The van der Waals surface area contributed by atoms with Crippen LogP contribution in [0.4, 0.5) is 13.2 Å². The third-order valence-electron chi connectivity index (χ3n) is 2.01. The van der Waals surface area contributed by atoms with Crippen molar-refractivity contribution in [2.45, 2.75) is 5.51 Å². The van der Waals surface area contributed by atoms with Crippen molar-refractivity contribution in [3.8, 4) is 0 Å². The van der Waals surface area contributed by atoms with Crippen LogP contribution in [0.25, 0.3) is 0 Å². The molecule has 0 N–H and O–H groups in total. The maximum absolute atomic E-state index is 12.2. The van der Waals surface area contributed by atoms with Gasteiger partial charge in [-0.1, -0.05) is 22.0 Å². The standard InChI is InChI=1S/C9H7BrF3NO3S/c1-14(18(16,17)9(11,12)13)8(15)6-3-2-4-7(10)5-6/h2-5H,1H3. The van der Waals surface area contributed by atoms with Crippen molar-refractivity contribution < 1.29 is 26.4 Å². The molecule has 100 valence electrons. The van der Waals surface area contributed by atoms with Crippen LogP contribution in [0.5, 0.6) is 0 Å². The highest BCUT2D eigenvalue weighted by molar-refractivity contribution is 9.10. The summed E-state index contributed by atoms with van der Waals surface area (Å²) in [6.07, 6.45) is 0. The number of rotatable bonds is 2. The predicted octanol–water partition coefficient (Wildman–Crippen LogP) is 2.37. The summed E-state index contributed by atoms with van der Waals surface area (Å²) in [5, 5.41) is 0. The fourth-order valence-corrected chi connectivity index (χ4v) is 2.10. The highest BCUT2D eigenvalue weighted by Gasteiger charge is 2.50. The van der Waals surface area contributed by atoms with Gasteiger partial charge in [-0.15, -0.1) is 0 Å². The van der Waals surface area contributed by atoms with Crippen LogP contribution in [0.2, 0.25) is 0 Å². The smallest absolute Gasteiger partial charge is 0.268 e. The molecule has 9 heteroatoms. The van der Waals surface area contributed by atoms with Crippen molar-refractivity contribution >= 4 is 31.9 Å². The van der Waals surface area contributed by atoms with E-state index in [1.54, 1.807) is 6.07 Å². The van der Waals surface area contributed by atoms with E-state index in [0.29, 0.717) is 11.5 Å². The van der Waals surface area contributed by atoms with Gasteiger partial charge in [0.25, 0.3) is 5.91 Å². The Labute approximate surface area is 110 Å². The van der Waals surface area contributed by atoms with Gasteiger partial charge in [0.2, 0.25) is 0 Å². The Morgan fingerprint density at radius 1 is 1.33 bits per heavy atom. The molecule has 0 unspecified atom stereocenters. The van der Waals surface area contributed by atoms with Crippen LogP contribution in [0.3, 0.4) is 0 Å². The molecule has 0 saturated carbocycles. The van der Waals surface area contributed by atoms with E-state index in [1.807, 2.05) is 0 Å². The molecule has 0 aliphatic heterocycles. The summed E-state index contributed by atoms with van der Waals surface area (Å²) in [5.41, 5.74) is -5.68. The SMILES string of the molecule is CN(C(=O)c1cccc(Br)c1)S(=O)(=O)C(F)(F)F. The molecule has 1 aromatic rings. The van der Waals surface area contributed by atoms with E-state index in [9.17, 15) is 26.4 Å². The van der Waals surface area contributed by atoms with Crippen molar-refractivity contribution in [3.05, 3.63) is 34.3 Å². The minimum absolute atomic E-state index is 0.167. The van der Waals surface area contributed by atoms with Crippen LogP contribution in [0.1, 0.15) is 10.4 Å². The molecule has 1 aromatic carbocycles. The first kappa shape index (κ1) is 15.0. The minimum Gasteiger partial charge on any atom is -0.268 e. The molecule has 0 aliphatic carbocycles. The van der Waals surface area contributed by atoms with E-state index < -0.39 is 21.4 Å². The fourth-order valence-electron chi connectivity index (χ4n) is 1.07. The lowest BCUT2D eigenvalue weighted by Crippen LogP contribution is -2.41. The maximum atomic E-state index is 12.2. The van der Waals surface area contributed by atoms with Gasteiger partial charge >= 0.3 is 15.5 Å². The average Bonchev–Trinajstić information content (AvgIpc) is 2.25. The van der Waals surface area contributed by atoms with Gasteiger partial charge in [-0.05, 0) is 18.2 Å². The Hall–Kier alpha value is -1.09. The maximum Gasteiger partial charge on any atom is 0.516 e. The minimum atomic E-state index is -5.67. The van der Waals surface area contributed by atoms with Crippen LogP contribution >= 0.6 is 15.9 Å². The number of nitrogens with zero attached hydrogens (tertiary/aromatic N) is 1. The summed E-state index contributed by atoms with van der Waals surface area (Å²) in [4.78, 5) is 11.6. The van der Waals surface area contributed by atoms with Crippen molar-refractivity contribution in [2.24, 2.45) is 0 Å². The molecule has 18 heavy (non-hydrogen) atoms. The third kappa shape index (κ3) is 2.83. The first-order valence-corrected chi connectivity index (χ1v) is 6.66. The quantitative estimate of drug-likeness (QED) is 0.826. The Morgan fingerprint density at radius 3 is 2.33 bits per heavy atom.